The van der Waals surface area contributed by atoms with Gasteiger partial charge in [-0.3, -0.25) is 0 Å². The van der Waals surface area contributed by atoms with Crippen LogP contribution in [0.15, 0.2) is 0 Å². The largest absolute Gasteiger partial charge is 0.396 e. The van der Waals surface area contributed by atoms with Gasteiger partial charge < -0.3 is 19.7 Å². The molecule has 1 unspecified atom stereocenters. The Labute approximate surface area is 84.8 Å². The minimum atomic E-state index is -0.133. The van der Waals surface area contributed by atoms with E-state index in [0.29, 0.717) is 12.8 Å². The maximum absolute atomic E-state index is 8.79. The molecule has 2 N–H and O–H groups in total. The van der Waals surface area contributed by atoms with E-state index in [1.54, 1.807) is 0 Å². The molecular weight excluding hydrogens is 184 g/mol. The van der Waals surface area contributed by atoms with Crippen LogP contribution in [0.4, 0.5) is 0 Å². The molecule has 0 aromatic carbocycles. The van der Waals surface area contributed by atoms with Crippen LogP contribution in [-0.2, 0) is 9.47 Å². The van der Waals surface area contributed by atoms with Gasteiger partial charge in [-0.1, -0.05) is 0 Å². The molecule has 0 radical (unpaired) electrons. The topological polar surface area (TPSA) is 58.9 Å². The van der Waals surface area contributed by atoms with Crippen LogP contribution >= 0.6 is 0 Å². The van der Waals surface area contributed by atoms with E-state index in [2.05, 4.69) is 0 Å². The van der Waals surface area contributed by atoms with E-state index in [4.69, 9.17) is 19.7 Å². The van der Waals surface area contributed by atoms with E-state index >= 15 is 0 Å². The lowest BCUT2D eigenvalue weighted by Gasteiger charge is -2.27. The molecular formula is C10H20O4. The summed E-state index contributed by atoms with van der Waals surface area (Å²) in [5.74, 6) is 0. The van der Waals surface area contributed by atoms with Crippen molar-refractivity contribution in [2.45, 2.75) is 44.5 Å². The standard InChI is InChI=1S/C10H20O4/c11-6-4-9(5-7-12)14-10-3-1-2-8-13-10/h9-12H,1-8H2. The summed E-state index contributed by atoms with van der Waals surface area (Å²) in [7, 11) is 0. The highest BCUT2D eigenvalue weighted by molar-refractivity contribution is 4.61. The summed E-state index contributed by atoms with van der Waals surface area (Å²) in [5.41, 5.74) is 0. The second-order valence-corrected chi connectivity index (χ2v) is 3.58. The third-order valence-electron chi connectivity index (χ3n) is 2.38. The van der Waals surface area contributed by atoms with Gasteiger partial charge in [-0.15, -0.1) is 0 Å². The molecule has 1 aliphatic heterocycles. The highest BCUT2D eigenvalue weighted by Crippen LogP contribution is 2.17. The van der Waals surface area contributed by atoms with Crippen molar-refractivity contribution in [3.8, 4) is 0 Å². The van der Waals surface area contributed by atoms with Crippen molar-refractivity contribution in [3.05, 3.63) is 0 Å². The fourth-order valence-corrected chi connectivity index (χ4v) is 1.60. The van der Waals surface area contributed by atoms with E-state index in [1.807, 2.05) is 0 Å². The molecule has 0 aliphatic carbocycles. The van der Waals surface area contributed by atoms with Gasteiger partial charge in [0.2, 0.25) is 0 Å². The average molecular weight is 204 g/mol. The van der Waals surface area contributed by atoms with Gasteiger partial charge in [0.25, 0.3) is 0 Å². The third-order valence-corrected chi connectivity index (χ3v) is 2.38. The van der Waals surface area contributed by atoms with Gasteiger partial charge in [-0.05, 0) is 32.1 Å². The molecule has 1 saturated heterocycles. The van der Waals surface area contributed by atoms with Gasteiger partial charge in [0.1, 0.15) is 0 Å². The summed E-state index contributed by atoms with van der Waals surface area (Å²) in [6.45, 7) is 0.949. The number of aliphatic hydroxyl groups excluding tert-OH is 2. The highest BCUT2D eigenvalue weighted by atomic mass is 16.7. The minimum absolute atomic E-state index is 0.0758. The highest BCUT2D eigenvalue weighted by Gasteiger charge is 2.18. The van der Waals surface area contributed by atoms with Crippen molar-refractivity contribution in [2.24, 2.45) is 0 Å². The Morgan fingerprint density at radius 2 is 1.93 bits per heavy atom. The fraction of sp³-hybridized carbons (Fsp3) is 1.00. The van der Waals surface area contributed by atoms with Crippen molar-refractivity contribution in [3.63, 3.8) is 0 Å². The third kappa shape index (κ3) is 4.37. The van der Waals surface area contributed by atoms with Crippen molar-refractivity contribution in [2.75, 3.05) is 19.8 Å². The molecule has 4 heteroatoms. The first kappa shape index (κ1) is 11.9. The van der Waals surface area contributed by atoms with Gasteiger partial charge in [-0.25, -0.2) is 0 Å². The molecule has 4 nitrogen and oxygen atoms in total. The van der Waals surface area contributed by atoms with Crippen LogP contribution in [0.3, 0.4) is 0 Å². The minimum Gasteiger partial charge on any atom is -0.396 e. The predicted octanol–water partition coefficient (Wildman–Crippen LogP) is 0.663. The zero-order chi connectivity index (χ0) is 10.2. The smallest absolute Gasteiger partial charge is 0.157 e. The second kappa shape index (κ2) is 7.17. The Morgan fingerprint density at radius 1 is 1.21 bits per heavy atom. The zero-order valence-electron chi connectivity index (χ0n) is 8.52. The molecule has 0 bridgehead atoms. The van der Waals surface area contributed by atoms with Crippen LogP contribution in [0, 0.1) is 0 Å². The molecule has 1 heterocycles. The van der Waals surface area contributed by atoms with E-state index in [0.717, 1.165) is 25.9 Å². The van der Waals surface area contributed by atoms with E-state index in [9.17, 15) is 0 Å². The van der Waals surface area contributed by atoms with Crippen molar-refractivity contribution in [1.29, 1.82) is 0 Å². The first-order valence-corrected chi connectivity index (χ1v) is 5.35. The maximum Gasteiger partial charge on any atom is 0.157 e. The second-order valence-electron chi connectivity index (χ2n) is 3.58. The van der Waals surface area contributed by atoms with Crippen LogP contribution in [0.2, 0.25) is 0 Å². The predicted molar refractivity (Wildman–Crippen MR) is 51.9 cm³/mol. The molecule has 1 rings (SSSR count). The number of hydrogen-bond acceptors (Lipinski definition) is 4. The Hall–Kier alpha value is -0.160. The van der Waals surface area contributed by atoms with Crippen LogP contribution in [-0.4, -0.2) is 42.4 Å². The molecule has 0 aromatic heterocycles. The maximum atomic E-state index is 8.79. The first-order chi connectivity index (χ1) is 6.86. The van der Waals surface area contributed by atoms with Crippen LogP contribution in [0.5, 0.6) is 0 Å². The monoisotopic (exact) mass is 204 g/mol. The molecule has 0 amide bonds. The molecule has 0 saturated carbocycles. The molecule has 1 aliphatic rings. The van der Waals surface area contributed by atoms with Crippen molar-refractivity contribution >= 4 is 0 Å². The van der Waals surface area contributed by atoms with Crippen LogP contribution in [0.25, 0.3) is 0 Å². The van der Waals surface area contributed by atoms with E-state index in [-0.39, 0.29) is 25.6 Å². The average Bonchev–Trinajstić information content (AvgIpc) is 2.20. The van der Waals surface area contributed by atoms with Crippen LogP contribution in [0.1, 0.15) is 32.1 Å². The zero-order valence-corrected chi connectivity index (χ0v) is 8.52. The molecule has 1 fully saturated rings. The number of ether oxygens (including phenoxy) is 2. The summed E-state index contributed by atoms with van der Waals surface area (Å²) in [6, 6.07) is 0. The van der Waals surface area contributed by atoms with Gasteiger partial charge in [0, 0.05) is 19.8 Å². The summed E-state index contributed by atoms with van der Waals surface area (Å²) < 4.78 is 11.0. The molecule has 1 atom stereocenters. The lowest BCUT2D eigenvalue weighted by Crippen LogP contribution is -2.29. The SMILES string of the molecule is OCCC(CCO)OC1CCCCO1. The number of rotatable bonds is 6. The summed E-state index contributed by atoms with van der Waals surface area (Å²) in [6.07, 6.45) is 4.09. The Bertz CT molecular complexity index is 128. The van der Waals surface area contributed by atoms with Gasteiger partial charge in [0.15, 0.2) is 6.29 Å². The normalized spacial score (nSPS) is 22.9. The molecule has 84 valence electrons. The Morgan fingerprint density at radius 3 is 2.43 bits per heavy atom. The van der Waals surface area contributed by atoms with E-state index in [1.165, 1.54) is 0 Å². The van der Waals surface area contributed by atoms with Crippen molar-refractivity contribution in [1.82, 2.24) is 0 Å². The number of hydrogen-bond donors (Lipinski definition) is 2. The molecule has 14 heavy (non-hydrogen) atoms. The van der Waals surface area contributed by atoms with Crippen molar-refractivity contribution < 1.29 is 19.7 Å². The Balaban J connectivity index is 2.21. The summed E-state index contributed by atoms with van der Waals surface area (Å²) in [4.78, 5) is 0. The van der Waals surface area contributed by atoms with Crippen LogP contribution < -0.4 is 0 Å². The molecule has 0 aromatic rings. The fourth-order valence-electron chi connectivity index (χ4n) is 1.60. The lowest BCUT2D eigenvalue weighted by molar-refractivity contribution is -0.192. The lowest BCUT2D eigenvalue weighted by atomic mass is 10.2. The summed E-state index contributed by atoms with van der Waals surface area (Å²) >= 11 is 0. The quantitative estimate of drug-likeness (QED) is 0.667. The Kier molecular flexibility index (Phi) is 6.10. The first-order valence-electron chi connectivity index (χ1n) is 5.35. The van der Waals surface area contributed by atoms with Gasteiger partial charge >= 0.3 is 0 Å². The molecule has 0 spiro atoms. The summed E-state index contributed by atoms with van der Waals surface area (Å²) in [5, 5.41) is 17.6. The number of aliphatic hydroxyl groups is 2. The van der Waals surface area contributed by atoms with Gasteiger partial charge in [-0.2, -0.15) is 0 Å². The van der Waals surface area contributed by atoms with Gasteiger partial charge in [0.05, 0.1) is 6.10 Å². The van der Waals surface area contributed by atoms with E-state index < -0.39 is 0 Å².